The predicted octanol–water partition coefficient (Wildman–Crippen LogP) is 4.17. The van der Waals surface area contributed by atoms with Gasteiger partial charge in [0.15, 0.2) is 0 Å². The van der Waals surface area contributed by atoms with Crippen LogP contribution < -0.4 is 43.0 Å². The van der Waals surface area contributed by atoms with Crippen molar-refractivity contribution in [2.45, 2.75) is 127 Å². The number of hydrogen-bond acceptors (Lipinski definition) is 11. The molecule has 9 atom stereocenters. The lowest BCUT2D eigenvalue weighted by Gasteiger charge is -2.29. The molecule has 0 bridgehead atoms. The fraction of sp³-hybridized carbons (Fsp3) is 0.421. The van der Waals surface area contributed by atoms with Crippen molar-refractivity contribution in [3.05, 3.63) is 144 Å². The number of benzene rings is 4. The number of carbonyl (C=O) groups excluding carboxylic acids is 7. The number of aromatic amines is 1. The van der Waals surface area contributed by atoms with E-state index in [4.69, 9.17) is 5.73 Å². The summed E-state index contributed by atoms with van der Waals surface area (Å²) >= 11 is 0. The molecule has 1 fully saturated rings. The maximum absolute atomic E-state index is 14.9. The molecule has 406 valence electrons. The molecule has 1 saturated heterocycles. The molecule has 76 heavy (non-hydrogen) atoms. The topological polar surface area (TPSA) is 266 Å². The summed E-state index contributed by atoms with van der Waals surface area (Å²) in [4.78, 5) is 104. The molecule has 2 heterocycles. The zero-order valence-electron chi connectivity index (χ0n) is 43.4. The molecule has 4 aromatic carbocycles. The molecule has 1 aliphatic heterocycles. The summed E-state index contributed by atoms with van der Waals surface area (Å²) in [6.45, 7) is 5.41. The zero-order valence-corrected chi connectivity index (χ0v) is 45.1. The second-order valence-corrected chi connectivity index (χ2v) is 22.1. The number of rotatable bonds is 15. The summed E-state index contributed by atoms with van der Waals surface area (Å²) in [5, 5.41) is 32.0. The van der Waals surface area contributed by atoms with Gasteiger partial charge in [-0.25, -0.2) is 0 Å². The first-order valence-corrected chi connectivity index (χ1v) is 28.6. The number of nitrogens with two attached hydrogens (primary N) is 1. The van der Waals surface area contributed by atoms with Crippen LogP contribution in [0.1, 0.15) is 75.1 Å². The monoisotopic (exact) mass is 1080 g/mol. The number of hydrogen-bond donors (Lipinski definition) is 10. The lowest BCUT2D eigenvalue weighted by atomic mass is 10.00. The molecular weight excluding hydrogens is 1000 g/mol. The lowest BCUT2D eigenvalue weighted by molar-refractivity contribution is -0.136. The molecule has 19 heteroatoms. The van der Waals surface area contributed by atoms with Gasteiger partial charge in [0.1, 0.15) is 36.3 Å². The molecule has 5 aromatic rings. The van der Waals surface area contributed by atoms with Crippen molar-refractivity contribution in [2.24, 2.45) is 11.7 Å². The van der Waals surface area contributed by atoms with Crippen LogP contribution in [0.3, 0.4) is 0 Å². The van der Waals surface area contributed by atoms with E-state index in [-0.39, 0.29) is 44.1 Å². The van der Waals surface area contributed by atoms with E-state index in [1.54, 1.807) is 13.1 Å². The van der Waals surface area contributed by atoms with Gasteiger partial charge in [0.2, 0.25) is 41.4 Å². The minimum absolute atomic E-state index is 0.0256. The Labute approximate surface area is 453 Å². The summed E-state index contributed by atoms with van der Waals surface area (Å²) in [5.74, 6) is -4.23. The van der Waals surface area contributed by atoms with Crippen molar-refractivity contribution in [1.29, 1.82) is 0 Å². The number of H-pyrrole nitrogens is 1. The van der Waals surface area contributed by atoms with E-state index >= 15 is 0 Å². The van der Waals surface area contributed by atoms with Crippen molar-refractivity contribution < 1.29 is 38.7 Å². The average molecular weight is 1080 g/mol. The van der Waals surface area contributed by atoms with Crippen LogP contribution in [0.5, 0.6) is 0 Å². The van der Waals surface area contributed by atoms with Crippen molar-refractivity contribution in [3.63, 3.8) is 0 Å². The van der Waals surface area contributed by atoms with Crippen molar-refractivity contribution in [1.82, 2.24) is 42.2 Å². The summed E-state index contributed by atoms with van der Waals surface area (Å²) < 4.78 is 0. The molecule has 11 N–H and O–H groups in total. The molecule has 7 amide bonds. The Balaban J connectivity index is 1.38. The van der Waals surface area contributed by atoms with Gasteiger partial charge in [-0.3, -0.25) is 33.6 Å². The Kier molecular flexibility index (Phi) is 23.3. The van der Waals surface area contributed by atoms with Crippen molar-refractivity contribution in [3.8, 4) is 0 Å². The molecular formula is C57H73N9O8S2. The van der Waals surface area contributed by atoms with Crippen LogP contribution in [0.15, 0.2) is 121 Å². The summed E-state index contributed by atoms with van der Waals surface area (Å²) in [6, 6.07) is 27.0. The van der Waals surface area contributed by atoms with Gasteiger partial charge in [0.25, 0.3) is 0 Å². The van der Waals surface area contributed by atoms with E-state index in [2.05, 4.69) is 42.2 Å². The quantitative estimate of drug-likeness (QED) is 0.0526. The van der Waals surface area contributed by atoms with Gasteiger partial charge in [-0.2, -0.15) is 0 Å². The molecule has 1 aromatic heterocycles. The molecule has 0 spiro atoms. The molecule has 0 radical (unpaired) electrons. The summed E-state index contributed by atoms with van der Waals surface area (Å²) in [6.07, 6.45) is 3.29. The van der Waals surface area contributed by atoms with Crippen LogP contribution in [-0.4, -0.2) is 118 Å². The highest BCUT2D eigenvalue weighted by Gasteiger charge is 2.36. The van der Waals surface area contributed by atoms with Crippen LogP contribution in [0.25, 0.3) is 10.9 Å². The highest BCUT2D eigenvalue weighted by molar-refractivity contribution is 8.76. The van der Waals surface area contributed by atoms with Crippen LogP contribution in [0, 0.1) is 5.92 Å². The van der Waals surface area contributed by atoms with Crippen molar-refractivity contribution >= 4 is 73.8 Å². The molecule has 1 aliphatic rings. The second-order valence-electron chi connectivity index (χ2n) is 19.5. The Morgan fingerprint density at radius 1 is 0.500 bits per heavy atom. The molecule has 17 nitrogen and oxygen atoms in total. The molecule has 0 unspecified atom stereocenters. The number of carbonyl (C=O) groups is 7. The van der Waals surface area contributed by atoms with Gasteiger partial charge < -0.3 is 53.0 Å². The van der Waals surface area contributed by atoms with Crippen LogP contribution in [0.4, 0.5) is 0 Å². The smallest absolute Gasteiger partial charge is 0.245 e. The van der Waals surface area contributed by atoms with E-state index in [1.165, 1.54) is 28.5 Å². The van der Waals surface area contributed by atoms with E-state index < -0.39 is 83.7 Å². The Morgan fingerprint density at radius 3 is 1.47 bits per heavy atom. The predicted molar refractivity (Wildman–Crippen MR) is 300 cm³/mol. The third-order valence-corrected chi connectivity index (χ3v) is 15.9. The number of nitrogens with one attached hydrogen (secondary N) is 8. The number of unbranched alkanes of at least 4 members (excludes halogenated alkanes) is 3. The van der Waals surface area contributed by atoms with E-state index in [1.807, 2.05) is 122 Å². The fourth-order valence-corrected chi connectivity index (χ4v) is 11.5. The summed E-state index contributed by atoms with van der Waals surface area (Å²) in [7, 11) is 2.88. The molecule has 0 saturated carbocycles. The zero-order chi connectivity index (χ0) is 54.4. The van der Waals surface area contributed by atoms with Crippen LogP contribution >= 0.6 is 21.6 Å². The van der Waals surface area contributed by atoms with Gasteiger partial charge in [-0.05, 0) is 61.6 Å². The van der Waals surface area contributed by atoms with E-state index in [9.17, 15) is 38.7 Å². The van der Waals surface area contributed by atoms with Gasteiger partial charge in [0.05, 0.1) is 6.10 Å². The maximum Gasteiger partial charge on any atom is 0.245 e. The second kappa shape index (κ2) is 30.2. The molecule has 6 rings (SSSR count). The SMILES string of the molecule is C[C@@H]1CSSC[C@H](C)C(=O)N[C@@H](Cc2ccccc2)C(=O)N[C@@H](Cc2ccccc2)C(=O)N[C@H](Cc2c[nH]c3ccccc23)C(=O)N[C@H](CCCCCCN)C(=O)N[C@@H]([C@@H](C)O)C(=O)N[C@@H](Cc2ccccc2)C(=O)N1. The Bertz CT molecular complexity index is 2680. The summed E-state index contributed by atoms with van der Waals surface area (Å²) in [5.41, 5.74) is 9.51. The lowest BCUT2D eigenvalue weighted by Crippen LogP contribution is -2.62. The van der Waals surface area contributed by atoms with Crippen molar-refractivity contribution in [2.75, 3.05) is 18.1 Å². The third kappa shape index (κ3) is 18.3. The first-order valence-electron chi connectivity index (χ1n) is 26.1. The number of aromatic nitrogens is 1. The Morgan fingerprint density at radius 2 is 0.934 bits per heavy atom. The number of amides is 7. The highest BCUT2D eigenvalue weighted by atomic mass is 33.1. The van der Waals surface area contributed by atoms with Gasteiger partial charge >= 0.3 is 0 Å². The standard InChI is InChI=1S/C57H73N9O8S2/c1-36-34-75-76-35-37(2)60-53(70)46(29-39-19-9-6-10-20-39)65-57(74)50(38(3)67)66-52(69)45(27-15-4-5-18-28-58)61-56(73)49(32-42-33-59-44-26-17-16-25-43(42)44)64-55(72)48(31-41-23-13-8-14-24-41)63-54(71)47(62-51(36)68)30-40-21-11-7-12-22-40/h6-14,16-17,19-26,33,36-38,45-50,59,67H,4-5,15,18,27-32,34-35,58H2,1-3H3,(H,60,70)(H,61,73)(H,62,68)(H,63,71)(H,64,72)(H,65,74)(H,66,69)/t36-,37+,38+,45+,46-,47-,48-,49+,50-/m0/s1. The number of para-hydroxylation sites is 1. The minimum atomic E-state index is -1.55. The maximum atomic E-state index is 14.9. The van der Waals surface area contributed by atoms with Crippen LogP contribution in [-0.2, 0) is 59.2 Å². The number of aliphatic hydroxyl groups excluding tert-OH is 1. The fourth-order valence-electron chi connectivity index (χ4n) is 8.83. The van der Waals surface area contributed by atoms with Crippen LogP contribution in [0.2, 0.25) is 0 Å². The third-order valence-electron chi connectivity index (χ3n) is 13.2. The number of aliphatic hydroxyl groups is 1. The first-order chi connectivity index (χ1) is 36.7. The molecule has 0 aliphatic carbocycles. The highest BCUT2D eigenvalue weighted by Crippen LogP contribution is 2.25. The first kappa shape index (κ1) is 58.6. The largest absolute Gasteiger partial charge is 0.391 e. The normalized spacial score (nSPS) is 23.7. The number of fused-ring (bicyclic) bond motifs is 1. The minimum Gasteiger partial charge on any atom is -0.391 e. The van der Waals surface area contributed by atoms with E-state index in [0.29, 0.717) is 36.5 Å². The van der Waals surface area contributed by atoms with Gasteiger partial charge in [-0.15, -0.1) is 0 Å². The van der Waals surface area contributed by atoms with E-state index in [0.717, 1.165) is 40.4 Å². The average Bonchev–Trinajstić information content (AvgIpc) is 3.83. The van der Waals surface area contributed by atoms with Gasteiger partial charge in [-0.1, -0.05) is 157 Å². The Hall–Kier alpha value is -6.67. The van der Waals surface area contributed by atoms with Gasteiger partial charge in [0, 0.05) is 66.2 Å².